The maximum atomic E-state index is 9.83. The van der Waals surface area contributed by atoms with Crippen LogP contribution in [-0.2, 0) is 0 Å². The number of fused-ring (bicyclic) bond motifs is 1. The Hall–Kier alpha value is -0.380. The Bertz CT molecular complexity index is 239. The monoisotopic (exact) mass is 184 g/mol. The van der Waals surface area contributed by atoms with E-state index in [2.05, 4.69) is 13.0 Å². The second kappa shape index (κ2) is 3.08. The quantitative estimate of drug-likeness (QED) is 0.464. The van der Waals surface area contributed by atoms with Gasteiger partial charge in [-0.15, -0.1) is 0 Å². The van der Waals surface area contributed by atoms with Crippen molar-refractivity contribution in [3.63, 3.8) is 0 Å². The van der Waals surface area contributed by atoms with E-state index in [1.54, 1.807) is 0 Å². The molecule has 0 saturated carbocycles. The third-order valence-corrected chi connectivity index (χ3v) is 3.73. The van der Waals surface area contributed by atoms with Crippen LogP contribution in [0.3, 0.4) is 0 Å². The summed E-state index contributed by atoms with van der Waals surface area (Å²) in [5.41, 5.74) is 1.05. The van der Waals surface area contributed by atoms with Crippen LogP contribution in [0.1, 0.15) is 13.3 Å². The molecular weight excluding hydrogens is 166 g/mol. The average Bonchev–Trinajstić information content (AvgIpc) is 2.66. The molecule has 2 rings (SSSR count). The lowest BCUT2D eigenvalue weighted by Crippen LogP contribution is -2.51. The summed E-state index contributed by atoms with van der Waals surface area (Å²) in [6.45, 7) is 5.39. The minimum atomic E-state index is -0.235. The van der Waals surface area contributed by atoms with Crippen LogP contribution < -0.4 is 0 Å². The van der Waals surface area contributed by atoms with Gasteiger partial charge >= 0.3 is 0 Å². The standard InChI is InChI=1S/C10H18NO2/c1-2-11-5-3-8(7-12)10(11)9(13)4-6-11/h3,9-10,12-13H,2,4-7H2,1H3/q+1/t9-,10+,11?/m1/s1. The highest BCUT2D eigenvalue weighted by atomic mass is 16.3. The third-order valence-electron chi connectivity index (χ3n) is 3.73. The van der Waals surface area contributed by atoms with E-state index >= 15 is 0 Å². The first-order valence-corrected chi connectivity index (χ1v) is 5.07. The number of quaternary nitrogens is 1. The van der Waals surface area contributed by atoms with E-state index in [-0.39, 0.29) is 18.8 Å². The maximum Gasteiger partial charge on any atom is 0.140 e. The number of hydrogen-bond acceptors (Lipinski definition) is 2. The summed E-state index contributed by atoms with van der Waals surface area (Å²) in [6.07, 6.45) is 2.76. The Labute approximate surface area is 78.9 Å². The molecule has 3 heteroatoms. The van der Waals surface area contributed by atoms with Gasteiger partial charge in [0, 0.05) is 12.0 Å². The Kier molecular flexibility index (Phi) is 2.18. The number of aliphatic hydroxyl groups excluding tert-OH is 2. The number of likely N-dealkylation sites (N-methyl/N-ethyl adjacent to an activating group) is 1. The van der Waals surface area contributed by atoms with E-state index in [0.29, 0.717) is 0 Å². The van der Waals surface area contributed by atoms with Crippen LogP contribution in [-0.4, -0.2) is 53.1 Å². The van der Waals surface area contributed by atoms with Gasteiger partial charge in [0.25, 0.3) is 0 Å². The van der Waals surface area contributed by atoms with Crippen LogP contribution in [0.25, 0.3) is 0 Å². The molecule has 1 fully saturated rings. The van der Waals surface area contributed by atoms with Gasteiger partial charge in [-0.25, -0.2) is 0 Å². The van der Waals surface area contributed by atoms with E-state index in [9.17, 15) is 5.11 Å². The van der Waals surface area contributed by atoms with Gasteiger partial charge in [0.2, 0.25) is 0 Å². The fourth-order valence-electron chi connectivity index (χ4n) is 2.92. The highest BCUT2D eigenvalue weighted by Gasteiger charge is 2.50. The Morgan fingerprint density at radius 3 is 3.00 bits per heavy atom. The Morgan fingerprint density at radius 1 is 1.62 bits per heavy atom. The van der Waals surface area contributed by atoms with Crippen LogP contribution in [0.4, 0.5) is 0 Å². The van der Waals surface area contributed by atoms with E-state index < -0.39 is 0 Å². The van der Waals surface area contributed by atoms with Crippen LogP contribution in [0, 0.1) is 0 Å². The summed E-state index contributed by atoms with van der Waals surface area (Å²) in [4.78, 5) is 0. The molecule has 74 valence electrons. The van der Waals surface area contributed by atoms with E-state index in [1.165, 1.54) is 0 Å². The first-order valence-electron chi connectivity index (χ1n) is 5.07. The molecule has 0 aromatic rings. The maximum absolute atomic E-state index is 9.83. The van der Waals surface area contributed by atoms with Gasteiger partial charge < -0.3 is 14.7 Å². The fourth-order valence-corrected chi connectivity index (χ4v) is 2.92. The van der Waals surface area contributed by atoms with Gasteiger partial charge in [-0.2, -0.15) is 0 Å². The summed E-state index contributed by atoms with van der Waals surface area (Å²) in [7, 11) is 0. The molecule has 2 heterocycles. The highest BCUT2D eigenvalue weighted by molar-refractivity contribution is 5.17. The van der Waals surface area contributed by atoms with Crippen molar-refractivity contribution in [1.29, 1.82) is 0 Å². The smallest absolute Gasteiger partial charge is 0.140 e. The Balaban J connectivity index is 2.26. The van der Waals surface area contributed by atoms with E-state index in [1.807, 2.05) is 0 Å². The topological polar surface area (TPSA) is 40.5 Å². The van der Waals surface area contributed by atoms with E-state index in [4.69, 9.17) is 5.11 Å². The van der Waals surface area contributed by atoms with Crippen molar-refractivity contribution in [2.24, 2.45) is 0 Å². The molecular formula is C10H18NO2+. The zero-order valence-corrected chi connectivity index (χ0v) is 8.11. The molecule has 1 unspecified atom stereocenters. The van der Waals surface area contributed by atoms with Crippen molar-refractivity contribution < 1.29 is 14.7 Å². The molecule has 2 aliphatic heterocycles. The molecule has 0 aromatic heterocycles. The van der Waals surface area contributed by atoms with Crippen LogP contribution in [0.5, 0.6) is 0 Å². The summed E-state index contributed by atoms with van der Waals surface area (Å²) >= 11 is 0. The Morgan fingerprint density at radius 2 is 2.38 bits per heavy atom. The molecule has 0 aliphatic carbocycles. The number of rotatable bonds is 2. The molecule has 13 heavy (non-hydrogen) atoms. The second-order valence-corrected chi connectivity index (χ2v) is 4.18. The van der Waals surface area contributed by atoms with E-state index in [0.717, 1.165) is 36.1 Å². The summed E-state index contributed by atoms with van der Waals surface area (Å²) in [5.74, 6) is 0. The second-order valence-electron chi connectivity index (χ2n) is 4.18. The van der Waals surface area contributed by atoms with Crippen molar-refractivity contribution in [3.05, 3.63) is 11.6 Å². The third kappa shape index (κ3) is 1.15. The van der Waals surface area contributed by atoms with Gasteiger partial charge in [0.1, 0.15) is 12.1 Å². The number of aliphatic hydroxyl groups is 2. The van der Waals surface area contributed by atoms with Gasteiger partial charge in [0.05, 0.1) is 26.2 Å². The van der Waals surface area contributed by atoms with Crippen LogP contribution in [0.15, 0.2) is 11.6 Å². The molecule has 2 aliphatic rings. The largest absolute Gasteiger partial charge is 0.392 e. The highest BCUT2D eigenvalue weighted by Crippen LogP contribution is 2.36. The first-order chi connectivity index (χ1) is 6.23. The fraction of sp³-hybridized carbons (Fsp3) is 0.800. The van der Waals surface area contributed by atoms with Crippen LogP contribution in [0.2, 0.25) is 0 Å². The zero-order chi connectivity index (χ0) is 9.47. The van der Waals surface area contributed by atoms with Gasteiger partial charge in [-0.05, 0) is 13.0 Å². The SMILES string of the molecule is CC[N+]12CC=C(CO)[C@H]1[C@H](O)CC2. The van der Waals surface area contributed by atoms with Crippen molar-refractivity contribution in [3.8, 4) is 0 Å². The predicted molar refractivity (Wildman–Crippen MR) is 50.1 cm³/mol. The average molecular weight is 184 g/mol. The lowest BCUT2D eigenvalue weighted by atomic mass is 10.0. The predicted octanol–water partition coefficient (Wildman–Crippen LogP) is -0.111. The number of hydrogen-bond donors (Lipinski definition) is 2. The van der Waals surface area contributed by atoms with Crippen molar-refractivity contribution in [1.82, 2.24) is 0 Å². The summed E-state index contributed by atoms with van der Waals surface area (Å²) in [6, 6.07) is 0.190. The van der Waals surface area contributed by atoms with Crippen LogP contribution >= 0.6 is 0 Å². The normalized spacial score (nSPS) is 43.5. The minimum Gasteiger partial charge on any atom is -0.392 e. The molecule has 1 saturated heterocycles. The summed E-state index contributed by atoms with van der Waals surface area (Å²) in [5, 5.41) is 19.0. The summed E-state index contributed by atoms with van der Waals surface area (Å²) < 4.78 is 0.969. The van der Waals surface area contributed by atoms with Gasteiger partial charge in [0.15, 0.2) is 0 Å². The lowest BCUT2D eigenvalue weighted by molar-refractivity contribution is -0.923. The lowest BCUT2D eigenvalue weighted by Gasteiger charge is -2.35. The molecule has 0 spiro atoms. The van der Waals surface area contributed by atoms with Crippen molar-refractivity contribution in [2.45, 2.75) is 25.5 Å². The molecule has 2 N–H and O–H groups in total. The van der Waals surface area contributed by atoms with Gasteiger partial charge in [-0.3, -0.25) is 0 Å². The molecule has 0 aromatic carbocycles. The molecule has 3 nitrogen and oxygen atoms in total. The zero-order valence-electron chi connectivity index (χ0n) is 8.11. The molecule has 0 amide bonds. The molecule has 3 atom stereocenters. The molecule has 0 radical (unpaired) electrons. The number of nitrogens with zero attached hydrogens (tertiary/aromatic N) is 1. The minimum absolute atomic E-state index is 0.113. The van der Waals surface area contributed by atoms with Crippen molar-refractivity contribution in [2.75, 3.05) is 26.2 Å². The first kappa shape index (κ1) is 9.19. The van der Waals surface area contributed by atoms with Crippen molar-refractivity contribution >= 4 is 0 Å². The van der Waals surface area contributed by atoms with Gasteiger partial charge in [-0.1, -0.05) is 0 Å². The molecule has 0 bridgehead atoms.